The first-order valence-corrected chi connectivity index (χ1v) is 9.81. The van der Waals surface area contributed by atoms with Crippen molar-refractivity contribution < 1.29 is 23.9 Å². The number of esters is 2. The van der Waals surface area contributed by atoms with E-state index in [0.29, 0.717) is 24.3 Å². The zero-order chi connectivity index (χ0) is 21.5. The third kappa shape index (κ3) is 5.05. The normalized spacial score (nSPS) is 17.5. The average Bonchev–Trinajstić information content (AvgIpc) is 3.08. The molecule has 0 bridgehead atoms. The summed E-state index contributed by atoms with van der Waals surface area (Å²) in [5.41, 5.74) is 2.41. The minimum Gasteiger partial charge on any atom is -0.462 e. The quantitative estimate of drug-likeness (QED) is 0.646. The lowest BCUT2D eigenvalue weighted by Crippen LogP contribution is -2.39. The van der Waals surface area contributed by atoms with Gasteiger partial charge in [-0.25, -0.2) is 9.59 Å². The molecule has 156 valence electrons. The number of rotatable bonds is 8. The number of hydrogen-bond acceptors (Lipinski definition) is 7. The van der Waals surface area contributed by atoms with Gasteiger partial charge in [0.15, 0.2) is 5.78 Å². The minimum atomic E-state index is -0.497. The smallest absolute Gasteiger partial charge is 0.338 e. The summed E-state index contributed by atoms with van der Waals surface area (Å²) >= 11 is 0. The maximum atomic E-state index is 12.3. The predicted octanol–water partition coefficient (Wildman–Crippen LogP) is 3.44. The van der Waals surface area contributed by atoms with Crippen molar-refractivity contribution in [3.8, 4) is 0 Å². The van der Waals surface area contributed by atoms with Crippen LogP contribution < -0.4 is 10.6 Å². The van der Waals surface area contributed by atoms with Gasteiger partial charge in [-0.05, 0) is 68.5 Å². The highest BCUT2D eigenvalue weighted by Crippen LogP contribution is 2.21. The van der Waals surface area contributed by atoms with Crippen LogP contribution >= 0.6 is 0 Å². The standard InChI is InChI=1S/C23H24N2O5/c1-3-29-22(27)15-5-9-17(10-6-15)24-19-13-14-20(26)21(19)25-18-11-7-16(8-12-18)23(28)30-4-2/h5-14,19,21,24-25H,3-4H2,1-2H3/t19-,21-/m1/s1. The van der Waals surface area contributed by atoms with Crippen LogP contribution in [0.15, 0.2) is 60.7 Å². The molecule has 2 atom stereocenters. The van der Waals surface area contributed by atoms with Crippen molar-refractivity contribution in [2.45, 2.75) is 25.9 Å². The van der Waals surface area contributed by atoms with Crippen molar-refractivity contribution in [3.63, 3.8) is 0 Å². The Morgan fingerprint density at radius 1 is 0.800 bits per heavy atom. The number of benzene rings is 2. The lowest BCUT2D eigenvalue weighted by Gasteiger charge is -2.23. The lowest BCUT2D eigenvalue weighted by atomic mass is 10.1. The summed E-state index contributed by atoms with van der Waals surface area (Å²) in [6.45, 7) is 4.15. The molecule has 0 saturated carbocycles. The molecule has 0 aromatic heterocycles. The Bertz CT molecular complexity index is 935. The van der Waals surface area contributed by atoms with E-state index >= 15 is 0 Å². The molecule has 0 saturated heterocycles. The van der Waals surface area contributed by atoms with E-state index in [2.05, 4.69) is 10.6 Å². The van der Waals surface area contributed by atoms with Crippen LogP contribution in [0.1, 0.15) is 34.6 Å². The van der Waals surface area contributed by atoms with Crippen molar-refractivity contribution in [2.75, 3.05) is 23.8 Å². The van der Waals surface area contributed by atoms with E-state index in [9.17, 15) is 14.4 Å². The Morgan fingerprint density at radius 3 is 1.73 bits per heavy atom. The van der Waals surface area contributed by atoms with Gasteiger partial charge in [0.2, 0.25) is 0 Å². The van der Waals surface area contributed by atoms with Gasteiger partial charge in [0, 0.05) is 11.4 Å². The molecular formula is C23H24N2O5. The Balaban J connectivity index is 1.65. The van der Waals surface area contributed by atoms with Gasteiger partial charge in [-0.3, -0.25) is 4.79 Å². The lowest BCUT2D eigenvalue weighted by molar-refractivity contribution is -0.114. The number of carbonyl (C=O) groups is 3. The molecule has 7 heteroatoms. The monoisotopic (exact) mass is 408 g/mol. The van der Waals surface area contributed by atoms with Crippen molar-refractivity contribution >= 4 is 29.1 Å². The third-order valence-electron chi connectivity index (χ3n) is 4.58. The molecule has 7 nitrogen and oxygen atoms in total. The Labute approximate surface area is 175 Å². The molecule has 1 aliphatic rings. The largest absolute Gasteiger partial charge is 0.462 e. The topological polar surface area (TPSA) is 93.7 Å². The molecule has 2 aromatic carbocycles. The summed E-state index contributed by atoms with van der Waals surface area (Å²) in [6, 6.07) is 12.9. The first kappa shape index (κ1) is 21.1. The fourth-order valence-electron chi connectivity index (χ4n) is 3.09. The van der Waals surface area contributed by atoms with Gasteiger partial charge in [0.1, 0.15) is 6.04 Å². The van der Waals surface area contributed by atoms with Crippen molar-refractivity contribution in [2.24, 2.45) is 0 Å². The fourth-order valence-corrected chi connectivity index (χ4v) is 3.09. The molecule has 0 aliphatic heterocycles. The molecule has 0 radical (unpaired) electrons. The summed E-state index contributed by atoms with van der Waals surface area (Å²) in [4.78, 5) is 35.9. The van der Waals surface area contributed by atoms with E-state index in [1.165, 1.54) is 6.08 Å². The number of ketones is 1. The minimum absolute atomic E-state index is 0.0508. The molecule has 0 amide bonds. The summed E-state index contributed by atoms with van der Waals surface area (Å²) in [7, 11) is 0. The van der Waals surface area contributed by atoms with Gasteiger partial charge in [-0.1, -0.05) is 6.08 Å². The van der Waals surface area contributed by atoms with E-state index < -0.39 is 6.04 Å². The molecule has 0 unspecified atom stereocenters. The second kappa shape index (κ2) is 9.73. The van der Waals surface area contributed by atoms with E-state index in [-0.39, 0.29) is 23.8 Å². The Hall–Kier alpha value is -3.61. The van der Waals surface area contributed by atoms with Crippen LogP contribution in [0.2, 0.25) is 0 Å². The van der Waals surface area contributed by atoms with Crippen LogP contribution in [0.4, 0.5) is 11.4 Å². The SMILES string of the molecule is CCOC(=O)c1ccc(N[C@@H]2C=CC(=O)[C@@H]2Nc2ccc(C(=O)OCC)cc2)cc1. The molecule has 3 rings (SSSR count). The predicted molar refractivity (Wildman–Crippen MR) is 114 cm³/mol. The van der Waals surface area contributed by atoms with Crippen LogP contribution in [0, 0.1) is 0 Å². The van der Waals surface area contributed by atoms with E-state index in [0.717, 1.165) is 11.4 Å². The zero-order valence-corrected chi connectivity index (χ0v) is 16.9. The van der Waals surface area contributed by atoms with Crippen molar-refractivity contribution in [3.05, 3.63) is 71.8 Å². The van der Waals surface area contributed by atoms with Crippen LogP contribution in [-0.2, 0) is 14.3 Å². The van der Waals surface area contributed by atoms with Crippen molar-refractivity contribution in [1.29, 1.82) is 0 Å². The maximum absolute atomic E-state index is 12.3. The number of anilines is 2. The van der Waals surface area contributed by atoms with E-state index in [1.807, 2.05) is 0 Å². The van der Waals surface area contributed by atoms with Crippen LogP contribution in [-0.4, -0.2) is 43.0 Å². The molecule has 1 aliphatic carbocycles. The second-order valence-corrected chi connectivity index (χ2v) is 6.65. The van der Waals surface area contributed by atoms with Gasteiger partial charge < -0.3 is 20.1 Å². The molecule has 0 heterocycles. The van der Waals surface area contributed by atoms with E-state index in [4.69, 9.17) is 9.47 Å². The summed E-state index contributed by atoms with van der Waals surface area (Å²) in [6.07, 6.45) is 3.33. The average molecular weight is 408 g/mol. The molecule has 30 heavy (non-hydrogen) atoms. The number of carbonyl (C=O) groups excluding carboxylic acids is 3. The number of hydrogen-bond donors (Lipinski definition) is 2. The van der Waals surface area contributed by atoms with Crippen LogP contribution in [0.3, 0.4) is 0 Å². The Kier molecular flexibility index (Phi) is 6.85. The van der Waals surface area contributed by atoms with Crippen LogP contribution in [0.25, 0.3) is 0 Å². The summed E-state index contributed by atoms with van der Waals surface area (Å²) in [5.74, 6) is -0.802. The zero-order valence-electron chi connectivity index (χ0n) is 16.9. The summed E-state index contributed by atoms with van der Waals surface area (Å²) in [5, 5.41) is 6.49. The Morgan fingerprint density at radius 2 is 1.27 bits per heavy atom. The van der Waals surface area contributed by atoms with Gasteiger partial charge >= 0.3 is 11.9 Å². The third-order valence-corrected chi connectivity index (χ3v) is 4.58. The van der Waals surface area contributed by atoms with Gasteiger partial charge in [0.25, 0.3) is 0 Å². The van der Waals surface area contributed by atoms with E-state index in [1.54, 1.807) is 68.5 Å². The first-order valence-electron chi connectivity index (χ1n) is 9.81. The fraction of sp³-hybridized carbons (Fsp3) is 0.261. The van der Waals surface area contributed by atoms with Crippen molar-refractivity contribution in [1.82, 2.24) is 0 Å². The highest BCUT2D eigenvalue weighted by molar-refractivity contribution is 6.00. The second-order valence-electron chi connectivity index (χ2n) is 6.65. The van der Waals surface area contributed by atoms with Gasteiger partial charge in [-0.15, -0.1) is 0 Å². The number of nitrogens with one attached hydrogen (secondary N) is 2. The van der Waals surface area contributed by atoms with Crippen LogP contribution in [0.5, 0.6) is 0 Å². The molecular weight excluding hydrogens is 384 g/mol. The first-order chi connectivity index (χ1) is 14.5. The molecule has 0 fully saturated rings. The highest BCUT2D eigenvalue weighted by atomic mass is 16.5. The molecule has 2 aromatic rings. The summed E-state index contributed by atoms with van der Waals surface area (Å²) < 4.78 is 9.96. The van der Waals surface area contributed by atoms with Gasteiger partial charge in [-0.2, -0.15) is 0 Å². The highest BCUT2D eigenvalue weighted by Gasteiger charge is 2.30. The molecule has 2 N–H and O–H groups in total. The maximum Gasteiger partial charge on any atom is 0.338 e. The molecule has 0 spiro atoms. The van der Waals surface area contributed by atoms with Gasteiger partial charge in [0.05, 0.1) is 30.4 Å². The number of ether oxygens (including phenoxy) is 2.